The van der Waals surface area contributed by atoms with Gasteiger partial charge in [0.2, 0.25) is 5.91 Å². The molecule has 1 amide bonds. The van der Waals surface area contributed by atoms with Crippen LogP contribution in [0.2, 0.25) is 0 Å². The van der Waals surface area contributed by atoms with Gasteiger partial charge in [-0.3, -0.25) is 4.79 Å². The maximum atomic E-state index is 11.6. The van der Waals surface area contributed by atoms with Crippen molar-refractivity contribution in [3.05, 3.63) is 11.8 Å². The number of nitrogens with zero attached hydrogens (tertiary/aromatic N) is 2. The van der Waals surface area contributed by atoms with Crippen LogP contribution < -0.4 is 11.1 Å². The predicted molar refractivity (Wildman–Crippen MR) is 81.0 cm³/mol. The Morgan fingerprint density at radius 3 is 2.76 bits per heavy atom. The van der Waals surface area contributed by atoms with Crippen LogP contribution in [0.3, 0.4) is 0 Å². The molecule has 1 unspecified atom stereocenters. The summed E-state index contributed by atoms with van der Waals surface area (Å²) in [5.41, 5.74) is 5.83. The lowest BCUT2D eigenvalue weighted by atomic mass is 10.3. The second-order valence-electron chi connectivity index (χ2n) is 4.34. The third-order valence-electron chi connectivity index (χ3n) is 2.64. The van der Waals surface area contributed by atoms with Crippen LogP contribution in [-0.4, -0.2) is 40.2 Å². The molecule has 1 aromatic heterocycles. The molecule has 0 aliphatic rings. The fourth-order valence-electron chi connectivity index (χ4n) is 1.36. The number of esters is 1. The van der Waals surface area contributed by atoms with E-state index >= 15 is 0 Å². The fraction of sp³-hybridized carbons (Fsp3) is 0.538. The fourth-order valence-corrected chi connectivity index (χ4v) is 2.00. The van der Waals surface area contributed by atoms with Crippen LogP contribution in [0.5, 0.6) is 0 Å². The van der Waals surface area contributed by atoms with Crippen LogP contribution >= 0.6 is 11.8 Å². The molecule has 1 aromatic rings. The van der Waals surface area contributed by atoms with Crippen molar-refractivity contribution in [3.8, 4) is 0 Å². The Balaban J connectivity index is 2.60. The number of carbonyl (C=O) groups excluding carboxylic acids is 2. The van der Waals surface area contributed by atoms with Gasteiger partial charge >= 0.3 is 5.97 Å². The van der Waals surface area contributed by atoms with Crippen molar-refractivity contribution in [2.75, 3.05) is 18.1 Å². The summed E-state index contributed by atoms with van der Waals surface area (Å²) < 4.78 is 4.83. The summed E-state index contributed by atoms with van der Waals surface area (Å²) in [7, 11) is 0. The highest BCUT2D eigenvalue weighted by Gasteiger charge is 2.14. The molecule has 7 nitrogen and oxygen atoms in total. The molecule has 0 aliphatic carbocycles. The number of nitrogen functional groups attached to an aromatic ring is 1. The van der Waals surface area contributed by atoms with Crippen LogP contribution in [0.15, 0.2) is 11.4 Å². The third kappa shape index (κ3) is 5.58. The smallest absolute Gasteiger partial charge is 0.343 e. The maximum absolute atomic E-state index is 11.6. The number of hydrogen-bond donors (Lipinski definition) is 2. The first-order valence-electron chi connectivity index (χ1n) is 6.69. The molecule has 3 N–H and O–H groups in total. The molecule has 1 atom stereocenters. The van der Waals surface area contributed by atoms with Crippen LogP contribution in [0, 0.1) is 0 Å². The molecule has 21 heavy (non-hydrogen) atoms. The SMILES string of the molecule is CCOC(=O)c1cnc(SCC(=O)NC(C)CC)nc1N. The number of ether oxygens (including phenoxy) is 1. The summed E-state index contributed by atoms with van der Waals surface area (Å²) >= 11 is 1.16. The number of aromatic nitrogens is 2. The summed E-state index contributed by atoms with van der Waals surface area (Å²) in [6, 6.07) is 0.135. The van der Waals surface area contributed by atoms with Gasteiger partial charge < -0.3 is 15.8 Å². The summed E-state index contributed by atoms with van der Waals surface area (Å²) in [6.07, 6.45) is 2.18. The molecule has 0 radical (unpaired) electrons. The van der Waals surface area contributed by atoms with Crippen molar-refractivity contribution in [1.82, 2.24) is 15.3 Å². The van der Waals surface area contributed by atoms with E-state index in [9.17, 15) is 9.59 Å². The predicted octanol–water partition coefficient (Wildman–Crippen LogP) is 1.24. The van der Waals surface area contributed by atoms with Gasteiger partial charge in [0.05, 0.1) is 12.4 Å². The zero-order valence-corrected chi connectivity index (χ0v) is 13.2. The summed E-state index contributed by atoms with van der Waals surface area (Å²) in [5, 5.41) is 3.19. The normalized spacial score (nSPS) is 11.8. The monoisotopic (exact) mass is 312 g/mol. The van der Waals surface area contributed by atoms with E-state index in [1.54, 1.807) is 6.92 Å². The number of nitrogens with two attached hydrogens (primary N) is 1. The Morgan fingerprint density at radius 2 is 2.19 bits per heavy atom. The first-order chi connectivity index (χ1) is 9.97. The minimum atomic E-state index is -0.555. The molecule has 1 rings (SSSR count). The lowest BCUT2D eigenvalue weighted by Gasteiger charge is -2.10. The standard InChI is InChI=1S/C13H20N4O3S/c1-4-8(3)16-10(18)7-21-13-15-6-9(11(14)17-13)12(19)20-5-2/h6,8H,4-5,7H2,1-3H3,(H,16,18)(H2,14,15,17). The zero-order valence-electron chi connectivity index (χ0n) is 12.4. The first-order valence-corrected chi connectivity index (χ1v) is 7.68. The Bertz CT molecular complexity index is 510. The van der Waals surface area contributed by atoms with E-state index in [0.717, 1.165) is 18.2 Å². The van der Waals surface area contributed by atoms with Gasteiger partial charge in [0.1, 0.15) is 11.4 Å². The average molecular weight is 312 g/mol. The molecule has 0 aromatic carbocycles. The second-order valence-corrected chi connectivity index (χ2v) is 5.28. The second kappa shape index (κ2) is 8.46. The van der Waals surface area contributed by atoms with E-state index in [0.29, 0.717) is 5.16 Å². The highest BCUT2D eigenvalue weighted by Crippen LogP contribution is 2.16. The van der Waals surface area contributed by atoms with E-state index < -0.39 is 5.97 Å². The topological polar surface area (TPSA) is 107 Å². The Morgan fingerprint density at radius 1 is 1.48 bits per heavy atom. The van der Waals surface area contributed by atoms with Crippen LogP contribution in [-0.2, 0) is 9.53 Å². The molecule has 116 valence electrons. The van der Waals surface area contributed by atoms with Crippen molar-refractivity contribution in [2.45, 2.75) is 38.4 Å². The van der Waals surface area contributed by atoms with E-state index in [-0.39, 0.29) is 35.7 Å². The number of rotatable bonds is 7. The maximum Gasteiger partial charge on any atom is 0.343 e. The van der Waals surface area contributed by atoms with Crippen molar-refractivity contribution in [1.29, 1.82) is 0 Å². The quantitative estimate of drug-likeness (QED) is 0.443. The minimum absolute atomic E-state index is 0.0493. The number of anilines is 1. The molecular weight excluding hydrogens is 292 g/mol. The number of nitrogens with one attached hydrogen (secondary N) is 1. The van der Waals surface area contributed by atoms with Crippen LogP contribution in [0.1, 0.15) is 37.6 Å². The molecule has 0 saturated carbocycles. The summed E-state index contributed by atoms with van der Waals surface area (Å²) in [6.45, 7) is 5.89. The molecule has 0 saturated heterocycles. The third-order valence-corrected chi connectivity index (χ3v) is 3.51. The largest absolute Gasteiger partial charge is 0.462 e. The van der Waals surface area contributed by atoms with Crippen LogP contribution in [0.4, 0.5) is 5.82 Å². The summed E-state index contributed by atoms with van der Waals surface area (Å²) in [5.74, 6) is -0.400. The van der Waals surface area contributed by atoms with Gasteiger partial charge in [-0.05, 0) is 20.3 Å². The van der Waals surface area contributed by atoms with E-state index in [4.69, 9.17) is 10.5 Å². The van der Waals surface area contributed by atoms with Gasteiger partial charge in [-0.2, -0.15) is 0 Å². The molecular formula is C13H20N4O3S. The lowest BCUT2D eigenvalue weighted by Crippen LogP contribution is -2.33. The molecule has 0 fully saturated rings. The lowest BCUT2D eigenvalue weighted by molar-refractivity contribution is -0.119. The molecule has 0 spiro atoms. The number of hydrogen-bond acceptors (Lipinski definition) is 7. The molecule has 8 heteroatoms. The molecule has 0 bridgehead atoms. The zero-order chi connectivity index (χ0) is 15.8. The number of carbonyl (C=O) groups is 2. The number of amides is 1. The van der Waals surface area contributed by atoms with Crippen molar-refractivity contribution >= 4 is 29.5 Å². The van der Waals surface area contributed by atoms with E-state index in [1.807, 2.05) is 13.8 Å². The minimum Gasteiger partial charge on any atom is -0.462 e. The number of thioether (sulfide) groups is 1. The van der Waals surface area contributed by atoms with Gasteiger partial charge in [-0.1, -0.05) is 18.7 Å². The highest BCUT2D eigenvalue weighted by molar-refractivity contribution is 7.99. The van der Waals surface area contributed by atoms with Gasteiger partial charge in [0, 0.05) is 12.2 Å². The van der Waals surface area contributed by atoms with Gasteiger partial charge in [-0.25, -0.2) is 14.8 Å². The van der Waals surface area contributed by atoms with Gasteiger partial charge in [0.15, 0.2) is 5.16 Å². The van der Waals surface area contributed by atoms with Crippen molar-refractivity contribution in [3.63, 3.8) is 0 Å². The van der Waals surface area contributed by atoms with E-state index in [1.165, 1.54) is 6.20 Å². The first kappa shape index (κ1) is 17.2. The van der Waals surface area contributed by atoms with Crippen molar-refractivity contribution in [2.24, 2.45) is 0 Å². The molecule has 1 heterocycles. The highest BCUT2D eigenvalue weighted by atomic mass is 32.2. The van der Waals surface area contributed by atoms with Gasteiger partial charge in [-0.15, -0.1) is 0 Å². The average Bonchev–Trinajstić information content (AvgIpc) is 2.45. The van der Waals surface area contributed by atoms with Crippen LogP contribution in [0.25, 0.3) is 0 Å². The Labute approximate surface area is 128 Å². The van der Waals surface area contributed by atoms with Crippen molar-refractivity contribution < 1.29 is 14.3 Å². The van der Waals surface area contributed by atoms with E-state index in [2.05, 4.69) is 15.3 Å². The van der Waals surface area contributed by atoms with Gasteiger partial charge in [0.25, 0.3) is 0 Å². The molecule has 0 aliphatic heterocycles. The Hall–Kier alpha value is -1.83. The summed E-state index contributed by atoms with van der Waals surface area (Å²) in [4.78, 5) is 31.2. The Kier molecular flexibility index (Phi) is 6.93.